The molecule has 0 radical (unpaired) electrons. The van der Waals surface area contributed by atoms with Crippen LogP contribution in [0.25, 0.3) is 0 Å². The summed E-state index contributed by atoms with van der Waals surface area (Å²) in [4.78, 5) is 23.3. The topological polar surface area (TPSA) is 67.4 Å². The minimum Gasteiger partial charge on any atom is -0.376 e. The molecular formula is C17H26N4O2. The molecule has 2 aliphatic rings. The van der Waals surface area contributed by atoms with Crippen LogP contribution in [0.2, 0.25) is 0 Å². The normalized spacial score (nSPS) is 24.7. The Morgan fingerprint density at radius 2 is 2.13 bits per heavy atom. The lowest BCUT2D eigenvalue weighted by Crippen LogP contribution is -2.40. The lowest BCUT2D eigenvalue weighted by molar-refractivity contribution is 0.0857. The molecule has 1 aromatic rings. The Morgan fingerprint density at radius 1 is 1.30 bits per heavy atom. The Labute approximate surface area is 137 Å². The van der Waals surface area contributed by atoms with E-state index >= 15 is 0 Å². The molecule has 3 heterocycles. The molecule has 2 aliphatic heterocycles. The molecule has 3 rings (SSSR count). The molecule has 6 heteroatoms. The van der Waals surface area contributed by atoms with Gasteiger partial charge in [-0.1, -0.05) is 6.92 Å². The highest BCUT2D eigenvalue weighted by atomic mass is 16.5. The van der Waals surface area contributed by atoms with Crippen molar-refractivity contribution in [3.05, 3.63) is 18.0 Å². The van der Waals surface area contributed by atoms with Gasteiger partial charge in [-0.05, 0) is 38.5 Å². The number of carbonyl (C=O) groups is 1. The van der Waals surface area contributed by atoms with Gasteiger partial charge in [0.2, 0.25) is 5.95 Å². The van der Waals surface area contributed by atoms with Gasteiger partial charge in [0.15, 0.2) is 0 Å². The van der Waals surface area contributed by atoms with Gasteiger partial charge in [0.05, 0.1) is 11.7 Å². The number of anilines is 1. The predicted octanol–water partition coefficient (Wildman–Crippen LogP) is 2.15. The monoisotopic (exact) mass is 318 g/mol. The summed E-state index contributed by atoms with van der Waals surface area (Å²) in [6.45, 7) is 4.57. The molecule has 6 nitrogen and oxygen atoms in total. The fraction of sp³-hybridized carbons (Fsp3) is 0.706. The first-order chi connectivity index (χ1) is 11.3. The van der Waals surface area contributed by atoms with Crippen LogP contribution in [0.3, 0.4) is 0 Å². The van der Waals surface area contributed by atoms with E-state index in [1.54, 1.807) is 12.4 Å². The van der Waals surface area contributed by atoms with Crippen molar-refractivity contribution in [1.82, 2.24) is 15.3 Å². The van der Waals surface area contributed by atoms with Crippen LogP contribution in [-0.2, 0) is 4.74 Å². The number of aromatic nitrogens is 2. The van der Waals surface area contributed by atoms with Crippen molar-refractivity contribution in [2.45, 2.75) is 57.6 Å². The fourth-order valence-electron chi connectivity index (χ4n) is 3.39. The first kappa shape index (κ1) is 16.2. The van der Waals surface area contributed by atoms with Crippen molar-refractivity contribution in [3.8, 4) is 0 Å². The average molecular weight is 318 g/mol. The van der Waals surface area contributed by atoms with Gasteiger partial charge in [-0.3, -0.25) is 4.79 Å². The number of rotatable bonds is 5. The van der Waals surface area contributed by atoms with E-state index in [0.717, 1.165) is 38.4 Å². The Balaban J connectivity index is 1.58. The number of hydrogen-bond acceptors (Lipinski definition) is 5. The van der Waals surface area contributed by atoms with Crippen molar-refractivity contribution in [2.24, 2.45) is 0 Å². The summed E-state index contributed by atoms with van der Waals surface area (Å²) in [5.41, 5.74) is 0.511. The minimum absolute atomic E-state index is 0.127. The molecule has 2 unspecified atom stereocenters. The van der Waals surface area contributed by atoms with Gasteiger partial charge >= 0.3 is 0 Å². The Bertz CT molecular complexity index is 514. The van der Waals surface area contributed by atoms with E-state index in [-0.39, 0.29) is 12.0 Å². The molecule has 2 atom stereocenters. The number of ether oxygens (including phenoxy) is 1. The first-order valence-corrected chi connectivity index (χ1v) is 8.76. The standard InChI is InChI=1S/C17H26N4O2/c1-2-14-6-3-4-8-21(14)17-19-10-13(11-20-17)16(22)18-12-15-7-5-9-23-15/h10-11,14-15H,2-9,12H2,1H3,(H,18,22). The van der Waals surface area contributed by atoms with Gasteiger partial charge in [-0.2, -0.15) is 0 Å². The number of nitrogens with one attached hydrogen (secondary N) is 1. The highest BCUT2D eigenvalue weighted by molar-refractivity contribution is 5.93. The molecule has 0 bridgehead atoms. The highest BCUT2D eigenvalue weighted by Crippen LogP contribution is 2.23. The second-order valence-corrected chi connectivity index (χ2v) is 6.37. The quantitative estimate of drug-likeness (QED) is 0.901. The van der Waals surface area contributed by atoms with Crippen LogP contribution >= 0.6 is 0 Å². The summed E-state index contributed by atoms with van der Waals surface area (Å²) in [6, 6.07) is 0.517. The summed E-state index contributed by atoms with van der Waals surface area (Å²) in [6.07, 6.45) is 10.3. The zero-order valence-electron chi connectivity index (χ0n) is 13.8. The molecule has 0 saturated carbocycles. The van der Waals surface area contributed by atoms with Crippen molar-refractivity contribution < 1.29 is 9.53 Å². The number of nitrogens with zero attached hydrogens (tertiary/aromatic N) is 3. The van der Waals surface area contributed by atoms with E-state index in [1.807, 2.05) is 0 Å². The average Bonchev–Trinajstić information content (AvgIpc) is 3.13. The van der Waals surface area contributed by atoms with Gasteiger partial charge in [0, 0.05) is 38.1 Å². The summed E-state index contributed by atoms with van der Waals surface area (Å²) in [5, 5.41) is 2.90. The third-order valence-corrected chi connectivity index (χ3v) is 4.77. The van der Waals surface area contributed by atoms with Crippen LogP contribution in [0.4, 0.5) is 5.95 Å². The largest absolute Gasteiger partial charge is 0.376 e. The molecule has 1 N–H and O–H groups in total. The van der Waals surface area contributed by atoms with Gasteiger partial charge in [-0.15, -0.1) is 0 Å². The zero-order chi connectivity index (χ0) is 16.1. The lowest BCUT2D eigenvalue weighted by atomic mass is 10.0. The molecular weight excluding hydrogens is 292 g/mol. The van der Waals surface area contributed by atoms with Crippen molar-refractivity contribution >= 4 is 11.9 Å². The molecule has 23 heavy (non-hydrogen) atoms. The second kappa shape index (κ2) is 7.73. The van der Waals surface area contributed by atoms with Crippen LogP contribution in [-0.4, -0.2) is 47.7 Å². The Hall–Kier alpha value is -1.69. The third kappa shape index (κ3) is 3.99. The van der Waals surface area contributed by atoms with Crippen molar-refractivity contribution in [2.75, 3.05) is 24.6 Å². The van der Waals surface area contributed by atoms with E-state index in [1.165, 1.54) is 19.3 Å². The molecule has 126 valence electrons. The van der Waals surface area contributed by atoms with Gasteiger partial charge < -0.3 is 15.0 Å². The number of piperidine rings is 1. The SMILES string of the molecule is CCC1CCCCN1c1ncc(C(=O)NCC2CCCO2)cn1. The third-order valence-electron chi connectivity index (χ3n) is 4.77. The van der Waals surface area contributed by atoms with E-state index in [9.17, 15) is 4.79 Å². The second-order valence-electron chi connectivity index (χ2n) is 6.37. The fourth-order valence-corrected chi connectivity index (χ4v) is 3.39. The van der Waals surface area contributed by atoms with Crippen LogP contribution in [0.15, 0.2) is 12.4 Å². The molecule has 2 saturated heterocycles. The van der Waals surface area contributed by atoms with Crippen molar-refractivity contribution in [1.29, 1.82) is 0 Å². The molecule has 0 aliphatic carbocycles. The molecule has 0 spiro atoms. The lowest BCUT2D eigenvalue weighted by Gasteiger charge is -2.35. The highest BCUT2D eigenvalue weighted by Gasteiger charge is 2.23. The maximum Gasteiger partial charge on any atom is 0.254 e. The van der Waals surface area contributed by atoms with Crippen LogP contribution < -0.4 is 10.2 Å². The number of amides is 1. The van der Waals surface area contributed by atoms with E-state index in [0.29, 0.717) is 18.2 Å². The molecule has 1 amide bonds. The summed E-state index contributed by atoms with van der Waals surface area (Å²) in [5.74, 6) is 0.616. The van der Waals surface area contributed by atoms with Gasteiger partial charge in [0.1, 0.15) is 0 Å². The van der Waals surface area contributed by atoms with E-state index in [4.69, 9.17) is 4.74 Å². The van der Waals surface area contributed by atoms with Gasteiger partial charge in [0.25, 0.3) is 5.91 Å². The van der Waals surface area contributed by atoms with Crippen LogP contribution in [0.5, 0.6) is 0 Å². The smallest absolute Gasteiger partial charge is 0.254 e. The van der Waals surface area contributed by atoms with Crippen LogP contribution in [0.1, 0.15) is 55.8 Å². The predicted molar refractivity (Wildman–Crippen MR) is 88.6 cm³/mol. The molecule has 2 fully saturated rings. The minimum atomic E-state index is -0.127. The van der Waals surface area contributed by atoms with Gasteiger partial charge in [-0.25, -0.2) is 9.97 Å². The Morgan fingerprint density at radius 3 is 2.83 bits per heavy atom. The van der Waals surface area contributed by atoms with E-state index in [2.05, 4.69) is 27.1 Å². The first-order valence-electron chi connectivity index (χ1n) is 8.76. The number of hydrogen-bond donors (Lipinski definition) is 1. The van der Waals surface area contributed by atoms with Crippen LogP contribution in [0, 0.1) is 0 Å². The van der Waals surface area contributed by atoms with E-state index < -0.39 is 0 Å². The Kier molecular flexibility index (Phi) is 5.43. The molecule has 1 aromatic heterocycles. The number of carbonyl (C=O) groups excluding carboxylic acids is 1. The summed E-state index contributed by atoms with van der Waals surface area (Å²) >= 11 is 0. The van der Waals surface area contributed by atoms with Crippen molar-refractivity contribution in [3.63, 3.8) is 0 Å². The summed E-state index contributed by atoms with van der Waals surface area (Å²) < 4.78 is 5.51. The maximum atomic E-state index is 12.1. The summed E-state index contributed by atoms with van der Waals surface area (Å²) in [7, 11) is 0. The maximum absolute atomic E-state index is 12.1. The zero-order valence-corrected chi connectivity index (χ0v) is 13.8. The molecule has 0 aromatic carbocycles.